The molecule has 1 saturated heterocycles. The molecule has 3 aromatic rings. The molecule has 1 unspecified atom stereocenters. The number of carbonyl (C=O) groups is 2. The fourth-order valence-electron chi connectivity index (χ4n) is 4.14. The molecular weight excluding hydrogens is 404 g/mol. The number of nitrogens with two attached hydrogens (primary N) is 1. The first-order valence-electron chi connectivity index (χ1n) is 10.7. The second-order valence-electron chi connectivity index (χ2n) is 7.98. The smallest absolute Gasteiger partial charge is 0.263 e. The van der Waals surface area contributed by atoms with Crippen molar-refractivity contribution >= 4 is 17.5 Å². The van der Waals surface area contributed by atoms with Crippen molar-refractivity contribution in [2.45, 2.75) is 32.0 Å². The van der Waals surface area contributed by atoms with Gasteiger partial charge in [0.1, 0.15) is 5.56 Å². The van der Waals surface area contributed by atoms with Crippen LogP contribution in [0.15, 0.2) is 77.7 Å². The average Bonchev–Trinajstić information content (AvgIpc) is 3.26. The summed E-state index contributed by atoms with van der Waals surface area (Å²) in [4.78, 5) is 39.7. The lowest BCUT2D eigenvalue weighted by molar-refractivity contribution is -0.122. The Labute approximate surface area is 186 Å². The highest BCUT2D eigenvalue weighted by molar-refractivity contribution is 6.04. The van der Waals surface area contributed by atoms with Gasteiger partial charge in [-0.1, -0.05) is 48.5 Å². The average molecular weight is 431 g/mol. The van der Waals surface area contributed by atoms with Crippen LogP contribution in [-0.2, 0) is 17.9 Å². The Kier molecular flexibility index (Phi) is 6.47. The van der Waals surface area contributed by atoms with E-state index >= 15 is 0 Å². The van der Waals surface area contributed by atoms with Crippen LogP contribution < -0.4 is 16.6 Å². The molecule has 0 bridgehead atoms. The van der Waals surface area contributed by atoms with Gasteiger partial charge in [-0.05, 0) is 48.7 Å². The fourth-order valence-corrected chi connectivity index (χ4v) is 4.14. The minimum absolute atomic E-state index is 0.0782. The second kappa shape index (κ2) is 9.62. The summed E-state index contributed by atoms with van der Waals surface area (Å²) in [7, 11) is 0. The molecule has 1 atom stereocenters. The molecule has 164 valence electrons. The molecule has 1 aliphatic rings. The second-order valence-corrected chi connectivity index (χ2v) is 7.98. The molecule has 7 heteroatoms. The predicted molar refractivity (Wildman–Crippen MR) is 123 cm³/mol. The van der Waals surface area contributed by atoms with E-state index in [9.17, 15) is 14.4 Å². The first-order chi connectivity index (χ1) is 15.5. The number of nitrogens with one attached hydrogen (secondary N) is 1. The van der Waals surface area contributed by atoms with Crippen LogP contribution in [0.4, 0.5) is 5.69 Å². The number of hydrogen-bond donors (Lipinski definition) is 2. The Hall–Kier alpha value is -3.71. The molecule has 1 aromatic heterocycles. The van der Waals surface area contributed by atoms with Gasteiger partial charge in [0.25, 0.3) is 11.5 Å². The molecule has 4 rings (SSSR count). The van der Waals surface area contributed by atoms with Crippen molar-refractivity contribution < 1.29 is 9.59 Å². The van der Waals surface area contributed by atoms with E-state index < -0.39 is 5.91 Å². The lowest BCUT2D eigenvalue weighted by atomic mass is 10.1. The van der Waals surface area contributed by atoms with E-state index in [-0.39, 0.29) is 23.1 Å². The van der Waals surface area contributed by atoms with Gasteiger partial charge in [-0.15, -0.1) is 0 Å². The van der Waals surface area contributed by atoms with Gasteiger partial charge in [-0.2, -0.15) is 0 Å². The van der Waals surface area contributed by atoms with Gasteiger partial charge in [0.15, 0.2) is 0 Å². The van der Waals surface area contributed by atoms with Crippen LogP contribution in [0.25, 0.3) is 0 Å². The van der Waals surface area contributed by atoms with Crippen molar-refractivity contribution in [3.63, 3.8) is 0 Å². The van der Waals surface area contributed by atoms with Crippen molar-refractivity contribution in [1.82, 2.24) is 9.47 Å². The van der Waals surface area contributed by atoms with Gasteiger partial charge in [0.05, 0.1) is 12.6 Å². The van der Waals surface area contributed by atoms with Crippen molar-refractivity contribution in [3.8, 4) is 0 Å². The largest absolute Gasteiger partial charge is 0.368 e. The maximum absolute atomic E-state index is 13.0. The van der Waals surface area contributed by atoms with Crippen LogP contribution in [0, 0.1) is 0 Å². The van der Waals surface area contributed by atoms with Crippen molar-refractivity contribution in [3.05, 3.63) is 100.0 Å². The zero-order chi connectivity index (χ0) is 22.5. The lowest BCUT2D eigenvalue weighted by Crippen LogP contribution is -2.39. The number of likely N-dealkylation sites (tertiary alicyclic amines) is 1. The van der Waals surface area contributed by atoms with Gasteiger partial charge < -0.3 is 15.6 Å². The molecule has 0 radical (unpaired) electrons. The highest BCUT2D eigenvalue weighted by Gasteiger charge is 2.29. The molecule has 0 spiro atoms. The standard InChI is InChI=1S/C25H26N4O3/c26-23(30)22-13-7-14-28(22)17-19-10-4-5-12-21(19)27-24(31)20-11-6-15-29(25(20)32)16-18-8-2-1-3-9-18/h1-6,8-12,15,22H,7,13-14,16-17H2,(H2,26,30)(H,27,31). The number of primary amides is 1. The first kappa shape index (κ1) is 21.5. The number of pyridine rings is 1. The van der Waals surface area contributed by atoms with Crippen LogP contribution in [0.2, 0.25) is 0 Å². The number of nitrogens with zero attached hydrogens (tertiary/aromatic N) is 2. The summed E-state index contributed by atoms with van der Waals surface area (Å²) in [6.45, 7) is 1.66. The number of aromatic nitrogens is 1. The molecule has 1 aliphatic heterocycles. The van der Waals surface area contributed by atoms with Crippen LogP contribution in [-0.4, -0.2) is 33.9 Å². The zero-order valence-electron chi connectivity index (χ0n) is 17.7. The van der Waals surface area contributed by atoms with Gasteiger partial charge in [0.2, 0.25) is 5.91 Å². The molecule has 2 amide bonds. The molecule has 32 heavy (non-hydrogen) atoms. The third-order valence-corrected chi connectivity index (χ3v) is 5.79. The topological polar surface area (TPSA) is 97.4 Å². The summed E-state index contributed by atoms with van der Waals surface area (Å²) in [5, 5.41) is 2.88. The summed E-state index contributed by atoms with van der Waals surface area (Å²) in [6.07, 6.45) is 3.33. The summed E-state index contributed by atoms with van der Waals surface area (Å²) >= 11 is 0. The molecule has 7 nitrogen and oxygen atoms in total. The number of hydrogen-bond acceptors (Lipinski definition) is 4. The van der Waals surface area contributed by atoms with Gasteiger partial charge in [-0.25, -0.2) is 0 Å². The van der Waals surface area contributed by atoms with Crippen LogP contribution >= 0.6 is 0 Å². The van der Waals surface area contributed by atoms with Crippen LogP contribution in [0.1, 0.15) is 34.3 Å². The van der Waals surface area contributed by atoms with E-state index in [4.69, 9.17) is 5.73 Å². The summed E-state index contributed by atoms with van der Waals surface area (Å²) in [5.74, 6) is -0.787. The van der Waals surface area contributed by atoms with Crippen molar-refractivity contribution in [2.75, 3.05) is 11.9 Å². The third-order valence-electron chi connectivity index (χ3n) is 5.79. The highest BCUT2D eigenvalue weighted by atomic mass is 16.2. The highest BCUT2D eigenvalue weighted by Crippen LogP contribution is 2.24. The van der Waals surface area contributed by atoms with Crippen molar-refractivity contribution in [2.24, 2.45) is 5.73 Å². The lowest BCUT2D eigenvalue weighted by Gasteiger charge is -2.23. The zero-order valence-corrected chi connectivity index (χ0v) is 17.7. The van der Waals surface area contributed by atoms with Crippen molar-refractivity contribution in [1.29, 1.82) is 0 Å². The minimum atomic E-state index is -0.460. The fraction of sp³-hybridized carbons (Fsp3) is 0.240. The molecule has 0 aliphatic carbocycles. The monoisotopic (exact) mass is 430 g/mol. The van der Waals surface area contributed by atoms with Crippen LogP contribution in [0.3, 0.4) is 0 Å². The SMILES string of the molecule is NC(=O)C1CCCN1Cc1ccccc1NC(=O)c1cccn(Cc2ccccc2)c1=O. The maximum Gasteiger partial charge on any atom is 0.263 e. The normalized spacial score (nSPS) is 16.1. The van der Waals surface area contributed by atoms with Crippen LogP contribution in [0.5, 0.6) is 0 Å². The van der Waals surface area contributed by atoms with E-state index in [1.54, 1.807) is 18.3 Å². The summed E-state index contributed by atoms with van der Waals surface area (Å²) in [5.41, 5.74) is 7.73. The van der Waals surface area contributed by atoms with E-state index in [1.165, 1.54) is 10.6 Å². The third kappa shape index (κ3) is 4.78. The number of anilines is 1. The Morgan fingerprint density at radius 1 is 0.969 bits per heavy atom. The summed E-state index contributed by atoms with van der Waals surface area (Å²) < 4.78 is 1.53. The Morgan fingerprint density at radius 2 is 1.72 bits per heavy atom. The molecule has 3 N–H and O–H groups in total. The molecular formula is C25H26N4O3. The van der Waals surface area contributed by atoms with E-state index in [1.807, 2.05) is 53.4 Å². The van der Waals surface area contributed by atoms with Gasteiger partial charge in [0, 0.05) is 18.4 Å². The molecule has 0 saturated carbocycles. The quantitative estimate of drug-likeness (QED) is 0.602. The number of benzene rings is 2. The number of carbonyl (C=O) groups excluding carboxylic acids is 2. The minimum Gasteiger partial charge on any atom is -0.368 e. The van der Waals surface area contributed by atoms with Gasteiger partial charge in [-0.3, -0.25) is 19.3 Å². The first-order valence-corrected chi connectivity index (χ1v) is 10.7. The number of rotatable bonds is 7. The summed E-state index contributed by atoms with van der Waals surface area (Å²) in [6, 6.07) is 20.0. The van der Waals surface area contributed by atoms with E-state index in [0.29, 0.717) is 18.8 Å². The maximum atomic E-state index is 13.0. The van der Waals surface area contributed by atoms with E-state index in [0.717, 1.165) is 30.5 Å². The molecule has 1 fully saturated rings. The van der Waals surface area contributed by atoms with E-state index in [2.05, 4.69) is 5.32 Å². The number of para-hydroxylation sites is 1. The molecule has 2 aromatic carbocycles. The molecule has 2 heterocycles. The number of amides is 2. The Balaban J connectivity index is 1.53. The Bertz CT molecular complexity index is 1170. The van der Waals surface area contributed by atoms with Gasteiger partial charge >= 0.3 is 0 Å². The predicted octanol–water partition coefficient (Wildman–Crippen LogP) is 2.60. The Morgan fingerprint density at radius 3 is 2.50 bits per heavy atom.